The van der Waals surface area contributed by atoms with E-state index >= 15 is 0 Å². The smallest absolute Gasteiger partial charge is 0.247 e. The highest BCUT2D eigenvalue weighted by Crippen LogP contribution is 2.26. The number of hydrogen-bond acceptors (Lipinski definition) is 5. The van der Waals surface area contributed by atoms with Crippen molar-refractivity contribution in [3.05, 3.63) is 42.2 Å². The van der Waals surface area contributed by atoms with Crippen LogP contribution in [0.1, 0.15) is 5.76 Å². The van der Waals surface area contributed by atoms with E-state index in [2.05, 4.69) is 9.88 Å². The SMILES string of the molecule is Cn1c(-c2ccc(CN3CCO[C@@H](C(N)=O)C3)o2)nc2ccccc21. The van der Waals surface area contributed by atoms with E-state index < -0.39 is 12.0 Å². The summed E-state index contributed by atoms with van der Waals surface area (Å²) in [6, 6.07) is 11.9. The molecule has 0 saturated carbocycles. The average Bonchev–Trinajstić information content (AvgIpc) is 3.20. The molecule has 1 aliphatic heterocycles. The van der Waals surface area contributed by atoms with Crippen LogP contribution in [0.3, 0.4) is 0 Å². The molecule has 0 unspecified atom stereocenters. The number of fused-ring (bicyclic) bond motifs is 1. The summed E-state index contributed by atoms with van der Waals surface area (Å²) in [5.74, 6) is 1.93. The largest absolute Gasteiger partial charge is 0.456 e. The topological polar surface area (TPSA) is 86.5 Å². The van der Waals surface area contributed by atoms with Gasteiger partial charge in [-0.25, -0.2) is 4.98 Å². The zero-order chi connectivity index (χ0) is 17.4. The van der Waals surface area contributed by atoms with Crippen molar-refractivity contribution in [2.75, 3.05) is 19.7 Å². The summed E-state index contributed by atoms with van der Waals surface area (Å²) in [7, 11) is 1.98. The Morgan fingerprint density at radius 1 is 1.32 bits per heavy atom. The minimum atomic E-state index is -0.553. The second kappa shape index (κ2) is 6.34. The van der Waals surface area contributed by atoms with Gasteiger partial charge in [0.25, 0.3) is 0 Å². The number of imidazole rings is 1. The number of aryl methyl sites for hydroxylation is 1. The lowest BCUT2D eigenvalue weighted by atomic mass is 10.2. The first-order valence-electron chi connectivity index (χ1n) is 8.25. The molecule has 130 valence electrons. The average molecular weight is 340 g/mol. The maximum absolute atomic E-state index is 11.3. The Morgan fingerprint density at radius 3 is 2.96 bits per heavy atom. The van der Waals surface area contributed by atoms with E-state index in [-0.39, 0.29) is 0 Å². The first kappa shape index (κ1) is 15.9. The summed E-state index contributed by atoms with van der Waals surface area (Å²) >= 11 is 0. The van der Waals surface area contributed by atoms with Gasteiger partial charge in [0, 0.05) is 20.1 Å². The minimum Gasteiger partial charge on any atom is -0.456 e. The van der Waals surface area contributed by atoms with Gasteiger partial charge in [-0.05, 0) is 24.3 Å². The van der Waals surface area contributed by atoms with Gasteiger partial charge >= 0.3 is 0 Å². The number of carbonyl (C=O) groups excluding carboxylic acids is 1. The standard InChI is InChI=1S/C18H20N4O3/c1-21-14-5-3-2-4-13(14)20-18(21)15-7-6-12(25-15)10-22-8-9-24-16(11-22)17(19)23/h2-7,16H,8-11H2,1H3,(H2,19,23)/t16-/m1/s1. The molecule has 1 fully saturated rings. The summed E-state index contributed by atoms with van der Waals surface area (Å²) in [4.78, 5) is 18.1. The van der Waals surface area contributed by atoms with Gasteiger partial charge in [0.15, 0.2) is 11.6 Å². The molecule has 4 rings (SSSR count). The van der Waals surface area contributed by atoms with Gasteiger partial charge in [0.1, 0.15) is 11.9 Å². The molecule has 7 nitrogen and oxygen atoms in total. The number of ether oxygens (including phenoxy) is 1. The second-order valence-corrected chi connectivity index (χ2v) is 6.25. The molecule has 0 aliphatic carbocycles. The lowest BCUT2D eigenvalue weighted by Crippen LogP contribution is -2.47. The molecule has 1 aromatic carbocycles. The van der Waals surface area contributed by atoms with Crippen molar-refractivity contribution in [1.29, 1.82) is 0 Å². The molecule has 0 bridgehead atoms. The number of primary amides is 1. The van der Waals surface area contributed by atoms with Crippen molar-refractivity contribution < 1.29 is 13.9 Å². The number of amides is 1. The van der Waals surface area contributed by atoms with E-state index in [9.17, 15) is 4.79 Å². The number of carbonyl (C=O) groups is 1. The number of hydrogen-bond donors (Lipinski definition) is 1. The van der Waals surface area contributed by atoms with Crippen molar-refractivity contribution in [2.24, 2.45) is 12.8 Å². The van der Waals surface area contributed by atoms with Crippen LogP contribution in [0.25, 0.3) is 22.6 Å². The Morgan fingerprint density at radius 2 is 2.16 bits per heavy atom. The molecule has 1 saturated heterocycles. The number of benzene rings is 1. The normalized spacial score (nSPS) is 18.7. The summed E-state index contributed by atoms with van der Waals surface area (Å²) in [5.41, 5.74) is 7.33. The first-order chi connectivity index (χ1) is 12.1. The van der Waals surface area contributed by atoms with Crippen molar-refractivity contribution in [3.63, 3.8) is 0 Å². The van der Waals surface area contributed by atoms with Crippen molar-refractivity contribution in [2.45, 2.75) is 12.6 Å². The maximum Gasteiger partial charge on any atom is 0.247 e. The third kappa shape index (κ3) is 3.04. The van der Waals surface area contributed by atoms with Gasteiger partial charge in [-0.2, -0.15) is 0 Å². The molecule has 25 heavy (non-hydrogen) atoms. The number of para-hydroxylation sites is 2. The van der Waals surface area contributed by atoms with Crippen LogP contribution in [0.2, 0.25) is 0 Å². The van der Waals surface area contributed by atoms with Crippen LogP contribution in [-0.2, 0) is 23.1 Å². The predicted octanol–water partition coefficient (Wildman–Crippen LogP) is 1.52. The Bertz CT molecular complexity index is 914. The monoisotopic (exact) mass is 340 g/mol. The van der Waals surface area contributed by atoms with Crippen LogP contribution < -0.4 is 5.73 Å². The molecule has 7 heteroatoms. The highest BCUT2D eigenvalue weighted by molar-refractivity contribution is 5.80. The van der Waals surface area contributed by atoms with Crippen molar-refractivity contribution >= 4 is 16.9 Å². The fraction of sp³-hybridized carbons (Fsp3) is 0.333. The van der Waals surface area contributed by atoms with E-state index in [0.29, 0.717) is 19.7 Å². The molecule has 2 aromatic heterocycles. The van der Waals surface area contributed by atoms with Gasteiger partial charge in [-0.1, -0.05) is 12.1 Å². The predicted molar refractivity (Wildman–Crippen MR) is 92.6 cm³/mol. The Labute approximate surface area is 145 Å². The third-order valence-electron chi connectivity index (χ3n) is 4.52. The summed E-state index contributed by atoms with van der Waals surface area (Å²) in [6.45, 7) is 2.33. The highest BCUT2D eigenvalue weighted by atomic mass is 16.5. The van der Waals surface area contributed by atoms with Gasteiger partial charge in [-0.15, -0.1) is 0 Å². The van der Waals surface area contributed by atoms with Crippen molar-refractivity contribution in [3.8, 4) is 11.6 Å². The number of aromatic nitrogens is 2. The quantitative estimate of drug-likeness (QED) is 0.778. The van der Waals surface area contributed by atoms with E-state index in [1.54, 1.807) is 0 Å². The molecule has 1 aliphatic rings. The van der Waals surface area contributed by atoms with Gasteiger partial charge in [0.05, 0.1) is 24.2 Å². The molecular formula is C18H20N4O3. The molecule has 1 amide bonds. The van der Waals surface area contributed by atoms with E-state index in [0.717, 1.165) is 34.9 Å². The summed E-state index contributed by atoms with van der Waals surface area (Å²) in [5, 5.41) is 0. The molecule has 3 aromatic rings. The third-order valence-corrected chi connectivity index (χ3v) is 4.52. The highest BCUT2D eigenvalue weighted by Gasteiger charge is 2.25. The molecule has 0 radical (unpaired) electrons. The maximum atomic E-state index is 11.3. The van der Waals surface area contributed by atoms with E-state index in [4.69, 9.17) is 14.9 Å². The van der Waals surface area contributed by atoms with E-state index in [1.807, 2.05) is 48.0 Å². The fourth-order valence-electron chi connectivity index (χ4n) is 3.19. The van der Waals surface area contributed by atoms with Crippen LogP contribution in [0, 0.1) is 0 Å². The van der Waals surface area contributed by atoms with Crippen LogP contribution in [0.4, 0.5) is 0 Å². The van der Waals surface area contributed by atoms with Gasteiger partial charge in [0.2, 0.25) is 5.91 Å². The van der Waals surface area contributed by atoms with E-state index in [1.165, 1.54) is 0 Å². The lowest BCUT2D eigenvalue weighted by molar-refractivity contribution is -0.135. The Hall–Kier alpha value is -2.64. The van der Waals surface area contributed by atoms with Gasteiger partial charge < -0.3 is 19.5 Å². The Kier molecular flexibility index (Phi) is 4.03. The Balaban J connectivity index is 1.54. The molecular weight excluding hydrogens is 320 g/mol. The number of morpholine rings is 1. The van der Waals surface area contributed by atoms with Crippen molar-refractivity contribution in [1.82, 2.24) is 14.5 Å². The molecule has 1 atom stereocenters. The molecule has 0 spiro atoms. The second-order valence-electron chi connectivity index (χ2n) is 6.25. The minimum absolute atomic E-state index is 0.426. The molecule has 2 N–H and O–H groups in total. The van der Waals surface area contributed by atoms with Gasteiger partial charge in [-0.3, -0.25) is 9.69 Å². The number of rotatable bonds is 4. The number of nitrogens with zero attached hydrogens (tertiary/aromatic N) is 3. The van der Waals surface area contributed by atoms with Crippen LogP contribution in [0.15, 0.2) is 40.8 Å². The summed E-state index contributed by atoms with van der Waals surface area (Å²) in [6.07, 6.45) is -0.553. The zero-order valence-corrected chi connectivity index (χ0v) is 14.0. The first-order valence-corrected chi connectivity index (χ1v) is 8.25. The fourth-order valence-corrected chi connectivity index (χ4v) is 3.19. The summed E-state index contributed by atoms with van der Waals surface area (Å²) < 4.78 is 13.4. The zero-order valence-electron chi connectivity index (χ0n) is 14.0. The van der Waals surface area contributed by atoms with Crippen LogP contribution in [-0.4, -0.2) is 46.2 Å². The molecule has 3 heterocycles. The number of nitrogens with two attached hydrogens (primary N) is 1. The lowest BCUT2D eigenvalue weighted by Gasteiger charge is -2.30. The number of furan rings is 1. The van der Waals surface area contributed by atoms with Crippen LogP contribution in [0.5, 0.6) is 0 Å². The van der Waals surface area contributed by atoms with Crippen LogP contribution >= 0.6 is 0 Å².